The summed E-state index contributed by atoms with van der Waals surface area (Å²) in [4.78, 5) is 8.58. The molecule has 1 rings (SSSR count). The van der Waals surface area contributed by atoms with Crippen molar-refractivity contribution < 1.29 is 0 Å². The van der Waals surface area contributed by atoms with E-state index in [1.807, 2.05) is 20.1 Å². The molecule has 0 unspecified atom stereocenters. The van der Waals surface area contributed by atoms with Gasteiger partial charge >= 0.3 is 0 Å². The Labute approximate surface area is 257 Å². The second kappa shape index (κ2) is 18.7. The summed E-state index contributed by atoms with van der Waals surface area (Å²) < 4.78 is 0. The van der Waals surface area contributed by atoms with Gasteiger partial charge < -0.3 is 0 Å². The zero-order valence-electron chi connectivity index (χ0n) is 21.8. The van der Waals surface area contributed by atoms with Crippen LogP contribution in [0, 0.1) is 13.8 Å². The maximum Gasteiger partial charge on any atom is 0.187 e. The molecule has 0 N–H and O–H groups in total. The number of hydrogen-bond acceptors (Lipinski definition) is 3. The van der Waals surface area contributed by atoms with Crippen molar-refractivity contribution in [2.75, 3.05) is 6.26 Å². The van der Waals surface area contributed by atoms with Gasteiger partial charge in [-0.25, -0.2) is 9.97 Å². The Kier molecular flexibility index (Phi) is 19.4. The van der Waals surface area contributed by atoms with Crippen molar-refractivity contribution in [3.8, 4) is 0 Å². The molecule has 2 nitrogen and oxygen atoms in total. The highest BCUT2D eigenvalue weighted by Gasteiger charge is 2.48. The summed E-state index contributed by atoms with van der Waals surface area (Å²) in [5, 5.41) is 0.818. The normalized spacial score (nSPS) is 9.62. The molecule has 0 spiro atoms. The predicted octanol–water partition coefficient (Wildman–Crippen LogP) is -6.97. The summed E-state index contributed by atoms with van der Waals surface area (Å²) in [7, 11) is 77.9. The standard InChI is InChI=1S/C8H11ClN2S.B25/c1-5-7(4-9)6(2)11-8(10-5)12-3;1-14-21(15(2)3)24(20(12)13)25(22(16(4)5)17(6)7)23(18(8)9)19(10)11/h4H2,1-3H3;. The van der Waals surface area contributed by atoms with Gasteiger partial charge in [-0.1, -0.05) is 11.8 Å². The molecule has 0 saturated heterocycles. The van der Waals surface area contributed by atoms with E-state index in [9.17, 15) is 0 Å². The highest BCUT2D eigenvalue weighted by molar-refractivity contribution is 8.24. The average molecular weight is 473 g/mol. The van der Waals surface area contributed by atoms with Crippen LogP contribution in [0.4, 0.5) is 0 Å². The predicted molar refractivity (Wildman–Crippen MR) is 197 cm³/mol. The van der Waals surface area contributed by atoms with Gasteiger partial charge in [-0.15, -0.1) is 11.6 Å². The zero-order valence-corrected chi connectivity index (χ0v) is 23.4. The van der Waals surface area contributed by atoms with E-state index in [1.54, 1.807) is 11.8 Å². The van der Waals surface area contributed by atoms with Crippen molar-refractivity contribution in [1.82, 2.24) is 9.97 Å². The second-order valence-corrected chi connectivity index (χ2v) is 10.1. The lowest BCUT2D eigenvalue weighted by molar-refractivity contribution is 0.878. The minimum absolute atomic E-state index is 0.492. The Morgan fingerprint density at radius 1 is 0.649 bits per heavy atom. The Bertz CT molecular complexity index is 724. The number of thioether (sulfide) groups is 1. The lowest BCUT2D eigenvalue weighted by Crippen LogP contribution is -2.85. The van der Waals surface area contributed by atoms with Gasteiger partial charge in [0.25, 0.3) is 0 Å². The zero-order chi connectivity index (χ0) is 29.2. The summed E-state index contributed by atoms with van der Waals surface area (Å²) in [6.07, 6.45) is -7.23. The van der Waals surface area contributed by atoms with Crippen LogP contribution in [0.25, 0.3) is 0 Å². The van der Waals surface area contributed by atoms with Crippen LogP contribution in [0.3, 0.4) is 0 Å². The van der Waals surface area contributed by atoms with Crippen LogP contribution in [0.1, 0.15) is 17.0 Å². The molecule has 0 bridgehead atoms. The number of hydrogen-bond donors (Lipinski definition) is 0. The molecular weight excluding hydrogens is 462 g/mol. The minimum Gasteiger partial charge on any atom is -0.228 e. The highest BCUT2D eigenvalue weighted by atomic mass is 35.5. The van der Waals surface area contributed by atoms with Gasteiger partial charge in [-0.05, 0) is 20.1 Å². The van der Waals surface area contributed by atoms with E-state index in [2.05, 4.69) is 9.97 Å². The molecule has 1 heterocycles. The lowest BCUT2D eigenvalue weighted by atomic mass is 8.35. The van der Waals surface area contributed by atoms with E-state index in [0.29, 0.717) is 5.88 Å². The quantitative estimate of drug-likeness (QED) is 0.123. The molecule has 1 aromatic heterocycles. The molecule has 0 aromatic carbocycles. The molecule has 141 valence electrons. The van der Waals surface area contributed by atoms with Gasteiger partial charge in [-0.2, -0.15) is 0 Å². The fourth-order valence-electron chi connectivity index (χ4n) is 4.59. The van der Waals surface area contributed by atoms with Crippen molar-refractivity contribution in [3.63, 3.8) is 0 Å². The Morgan fingerprint density at radius 3 is 1.22 bits per heavy atom. The molecule has 27 radical (unpaired) electrons. The Balaban J connectivity index is 0.000000893. The molecule has 0 aliphatic carbocycles. The Morgan fingerprint density at radius 2 is 1.00 bits per heavy atom. The van der Waals surface area contributed by atoms with Gasteiger partial charge in [0.15, 0.2) is 5.16 Å². The van der Waals surface area contributed by atoms with Gasteiger partial charge in [0, 0.05) is 195 Å². The van der Waals surface area contributed by atoms with Gasteiger partial charge in [0.05, 0.1) is 5.88 Å². The summed E-state index contributed by atoms with van der Waals surface area (Å²) >= 11 is 7.30. The number of rotatable bonds is 13. The maximum atomic E-state index is 5.99. The topological polar surface area (TPSA) is 25.8 Å². The second-order valence-electron chi connectivity index (χ2n) is 9.04. The van der Waals surface area contributed by atoms with Crippen molar-refractivity contribution >= 4 is 201 Å². The molecule has 0 fully saturated rings. The van der Waals surface area contributed by atoms with E-state index >= 15 is 0 Å². The third-order valence-electron chi connectivity index (χ3n) is 6.38. The number of alkyl halides is 1. The Hall–Kier alpha value is 1.34. The van der Waals surface area contributed by atoms with Crippen LogP contribution in [-0.2, 0) is 5.88 Å². The van der Waals surface area contributed by atoms with Crippen molar-refractivity contribution in [2.45, 2.75) is 24.9 Å². The van der Waals surface area contributed by atoms with Crippen molar-refractivity contribution in [1.29, 1.82) is 0 Å². The van der Waals surface area contributed by atoms with Crippen molar-refractivity contribution in [2.24, 2.45) is 0 Å². The number of halogens is 1. The molecule has 0 aliphatic heterocycles. The van der Waals surface area contributed by atoms with Gasteiger partial charge in [0.1, 0.15) is 0 Å². The highest BCUT2D eigenvalue weighted by Crippen LogP contribution is 2.17. The monoisotopic (exact) mass is 477 g/mol. The molecule has 0 amide bonds. The number of aromatic nitrogens is 2. The first-order valence-electron chi connectivity index (χ1n) is 11.6. The van der Waals surface area contributed by atoms with E-state index in [4.69, 9.17) is 112 Å². The lowest BCUT2D eigenvalue weighted by Gasteiger charge is -2.47. The van der Waals surface area contributed by atoms with Crippen LogP contribution >= 0.6 is 23.4 Å². The first-order chi connectivity index (χ1) is 17.1. The average Bonchev–Trinajstić information content (AvgIpc) is 2.75. The van der Waals surface area contributed by atoms with E-state index in [0.717, 1.165) is 22.1 Å². The SMILES string of the molecule is CSc1nc(C)c(CCl)c(C)n1.[B][B]B(B([B])[B])B(B([B])[B])B(B(B([B])[B])B([B])[B])B(B([B])[B])B([B])[B]. The fraction of sp³-hybridized carbons (Fsp3) is 0.500. The number of aryl methyl sites for hydroxylation is 2. The van der Waals surface area contributed by atoms with Crippen LogP contribution in [0.5, 0.6) is 0 Å². The fourth-order valence-corrected chi connectivity index (χ4v) is 5.43. The maximum absolute atomic E-state index is 5.99. The smallest absolute Gasteiger partial charge is 0.187 e. The molecule has 0 aliphatic rings. The first-order valence-corrected chi connectivity index (χ1v) is 13.4. The van der Waals surface area contributed by atoms with Crippen LogP contribution < -0.4 is 0 Å². The van der Waals surface area contributed by atoms with Gasteiger partial charge in [-0.3, -0.25) is 0 Å². The summed E-state index contributed by atoms with van der Waals surface area (Å²) in [6, 6.07) is 0. The molecular formula is C8H11B25ClN2S. The molecule has 1 aromatic rings. The minimum atomic E-state index is -0.960. The summed E-state index contributed by atoms with van der Waals surface area (Å²) in [5.41, 5.74) is 3.03. The third-order valence-corrected chi connectivity index (χ3v) is 7.20. The molecule has 37 heavy (non-hydrogen) atoms. The summed E-state index contributed by atoms with van der Waals surface area (Å²) in [6.45, 7) is 3.93. The first kappa shape index (κ1) is 38.3. The largest absolute Gasteiger partial charge is 0.228 e. The van der Waals surface area contributed by atoms with Crippen LogP contribution in [-0.4, -0.2) is 194 Å². The molecule has 0 saturated carbocycles. The molecule has 29 heteroatoms. The van der Waals surface area contributed by atoms with Crippen LogP contribution in [0.2, 0.25) is 0 Å². The molecule has 0 atom stereocenters. The number of nitrogens with zero attached hydrogens (tertiary/aromatic N) is 2. The van der Waals surface area contributed by atoms with E-state index < -0.39 is 70.2 Å². The third kappa shape index (κ3) is 11.6. The van der Waals surface area contributed by atoms with Gasteiger partial charge in [0.2, 0.25) is 0 Å². The summed E-state index contributed by atoms with van der Waals surface area (Å²) in [5.74, 6) is 0.492. The van der Waals surface area contributed by atoms with Crippen LogP contribution in [0.15, 0.2) is 5.16 Å². The van der Waals surface area contributed by atoms with E-state index in [-0.39, 0.29) is 0 Å². The van der Waals surface area contributed by atoms with E-state index in [1.165, 1.54) is 7.06 Å². The van der Waals surface area contributed by atoms with Crippen molar-refractivity contribution in [3.05, 3.63) is 17.0 Å².